The first-order valence-electron chi connectivity index (χ1n) is 6.90. The summed E-state index contributed by atoms with van der Waals surface area (Å²) in [6.07, 6.45) is 4.12. The van der Waals surface area contributed by atoms with Crippen molar-refractivity contribution in [1.82, 2.24) is 4.90 Å². The van der Waals surface area contributed by atoms with Crippen molar-refractivity contribution in [2.24, 2.45) is 5.73 Å². The molecule has 0 radical (unpaired) electrons. The van der Waals surface area contributed by atoms with Gasteiger partial charge >= 0.3 is 0 Å². The highest BCUT2D eigenvalue weighted by atomic mass is 19.1. The molecular formula is C15H21FN2O. The van der Waals surface area contributed by atoms with E-state index in [1.165, 1.54) is 18.6 Å². The SMILES string of the molecule is Cc1cc(F)ccc1C(=O)N(CCCN)C1CCC1. The van der Waals surface area contributed by atoms with Gasteiger partial charge in [-0.05, 0) is 62.9 Å². The molecule has 0 aliphatic heterocycles. The third-order valence-corrected chi connectivity index (χ3v) is 3.80. The number of hydrogen-bond donors (Lipinski definition) is 1. The molecule has 0 heterocycles. The number of benzene rings is 1. The van der Waals surface area contributed by atoms with Crippen LogP contribution in [-0.2, 0) is 0 Å². The highest BCUT2D eigenvalue weighted by molar-refractivity contribution is 5.95. The van der Waals surface area contributed by atoms with Gasteiger partial charge in [-0.15, -0.1) is 0 Å². The molecule has 0 atom stereocenters. The Morgan fingerprint density at radius 1 is 1.47 bits per heavy atom. The van der Waals surface area contributed by atoms with Crippen molar-refractivity contribution >= 4 is 5.91 Å². The quantitative estimate of drug-likeness (QED) is 0.888. The largest absolute Gasteiger partial charge is 0.336 e. The van der Waals surface area contributed by atoms with Crippen LogP contribution in [0, 0.1) is 12.7 Å². The molecule has 1 aliphatic carbocycles. The molecule has 0 aromatic heterocycles. The normalized spacial score (nSPS) is 15.1. The fourth-order valence-corrected chi connectivity index (χ4v) is 2.43. The van der Waals surface area contributed by atoms with Gasteiger partial charge in [0, 0.05) is 18.2 Å². The van der Waals surface area contributed by atoms with Crippen molar-refractivity contribution in [3.63, 3.8) is 0 Å². The van der Waals surface area contributed by atoms with Crippen molar-refractivity contribution < 1.29 is 9.18 Å². The minimum atomic E-state index is -0.300. The third kappa shape index (κ3) is 3.13. The molecule has 19 heavy (non-hydrogen) atoms. The maximum atomic E-state index is 13.1. The highest BCUT2D eigenvalue weighted by Crippen LogP contribution is 2.27. The molecule has 0 bridgehead atoms. The van der Waals surface area contributed by atoms with Crippen LogP contribution in [-0.4, -0.2) is 29.9 Å². The summed E-state index contributed by atoms with van der Waals surface area (Å²) in [5.41, 5.74) is 6.84. The number of halogens is 1. The number of nitrogens with two attached hydrogens (primary N) is 1. The van der Waals surface area contributed by atoms with E-state index < -0.39 is 0 Å². The summed E-state index contributed by atoms with van der Waals surface area (Å²) < 4.78 is 13.1. The topological polar surface area (TPSA) is 46.3 Å². The van der Waals surface area contributed by atoms with Crippen LogP contribution in [0.1, 0.15) is 41.6 Å². The summed E-state index contributed by atoms with van der Waals surface area (Å²) in [5.74, 6) is -0.290. The molecule has 1 aliphatic rings. The van der Waals surface area contributed by atoms with Gasteiger partial charge < -0.3 is 10.6 Å². The number of amides is 1. The van der Waals surface area contributed by atoms with Crippen LogP contribution in [0.3, 0.4) is 0 Å². The Labute approximate surface area is 113 Å². The van der Waals surface area contributed by atoms with Gasteiger partial charge in [0.2, 0.25) is 0 Å². The zero-order valence-corrected chi connectivity index (χ0v) is 11.4. The van der Waals surface area contributed by atoms with E-state index in [4.69, 9.17) is 5.73 Å². The molecule has 0 spiro atoms. The lowest BCUT2D eigenvalue weighted by atomic mass is 9.90. The van der Waals surface area contributed by atoms with Gasteiger partial charge in [0.05, 0.1) is 0 Å². The average Bonchev–Trinajstić information content (AvgIpc) is 2.31. The van der Waals surface area contributed by atoms with E-state index >= 15 is 0 Å². The van der Waals surface area contributed by atoms with Gasteiger partial charge in [0.25, 0.3) is 5.91 Å². The third-order valence-electron chi connectivity index (χ3n) is 3.80. The van der Waals surface area contributed by atoms with Crippen LogP contribution in [0.25, 0.3) is 0 Å². The summed E-state index contributed by atoms with van der Waals surface area (Å²) >= 11 is 0. The molecule has 0 unspecified atom stereocenters. The van der Waals surface area contributed by atoms with Crippen LogP contribution < -0.4 is 5.73 Å². The summed E-state index contributed by atoms with van der Waals surface area (Å²) in [4.78, 5) is 14.5. The lowest BCUT2D eigenvalue weighted by molar-refractivity contribution is 0.0577. The first-order valence-corrected chi connectivity index (χ1v) is 6.90. The molecule has 2 N–H and O–H groups in total. The van der Waals surface area contributed by atoms with Crippen LogP contribution >= 0.6 is 0 Å². The molecule has 1 amide bonds. The van der Waals surface area contributed by atoms with Gasteiger partial charge in [-0.25, -0.2) is 4.39 Å². The van der Waals surface area contributed by atoms with Crippen molar-refractivity contribution in [1.29, 1.82) is 0 Å². The van der Waals surface area contributed by atoms with Crippen LogP contribution in [0.5, 0.6) is 0 Å². The molecule has 1 saturated carbocycles. The van der Waals surface area contributed by atoms with Crippen molar-refractivity contribution in [2.45, 2.75) is 38.6 Å². The van der Waals surface area contributed by atoms with Crippen molar-refractivity contribution in [2.75, 3.05) is 13.1 Å². The number of carbonyl (C=O) groups is 1. The highest BCUT2D eigenvalue weighted by Gasteiger charge is 2.29. The van der Waals surface area contributed by atoms with Crippen LogP contribution in [0.15, 0.2) is 18.2 Å². The van der Waals surface area contributed by atoms with Crippen LogP contribution in [0.4, 0.5) is 4.39 Å². The van der Waals surface area contributed by atoms with Gasteiger partial charge in [-0.3, -0.25) is 4.79 Å². The van der Waals surface area contributed by atoms with E-state index in [0.717, 1.165) is 19.3 Å². The predicted octanol–water partition coefficient (Wildman–Crippen LogP) is 2.48. The maximum Gasteiger partial charge on any atom is 0.254 e. The molecule has 4 heteroatoms. The zero-order chi connectivity index (χ0) is 13.8. The molecule has 104 valence electrons. The zero-order valence-electron chi connectivity index (χ0n) is 11.4. The Morgan fingerprint density at radius 2 is 2.21 bits per heavy atom. The summed E-state index contributed by atoms with van der Waals surface area (Å²) in [6.45, 7) is 3.05. The van der Waals surface area contributed by atoms with E-state index in [1.54, 1.807) is 13.0 Å². The fourth-order valence-electron chi connectivity index (χ4n) is 2.43. The van der Waals surface area contributed by atoms with Crippen molar-refractivity contribution in [3.8, 4) is 0 Å². The van der Waals surface area contributed by atoms with E-state index in [0.29, 0.717) is 30.3 Å². The minimum absolute atomic E-state index is 0.00986. The van der Waals surface area contributed by atoms with Crippen molar-refractivity contribution in [3.05, 3.63) is 35.1 Å². The van der Waals surface area contributed by atoms with Gasteiger partial charge in [0.15, 0.2) is 0 Å². The summed E-state index contributed by atoms with van der Waals surface area (Å²) in [7, 11) is 0. The van der Waals surface area contributed by atoms with E-state index in [1.807, 2.05) is 4.90 Å². The number of nitrogens with zero attached hydrogens (tertiary/aromatic N) is 1. The predicted molar refractivity (Wildman–Crippen MR) is 73.5 cm³/mol. The Bertz CT molecular complexity index is 457. The number of carbonyl (C=O) groups excluding carboxylic acids is 1. The standard InChI is InChI=1S/C15H21FN2O/c1-11-10-12(16)6-7-14(11)15(19)18(9-3-8-17)13-4-2-5-13/h6-7,10,13H,2-5,8-9,17H2,1H3. The Hall–Kier alpha value is -1.42. The summed E-state index contributed by atoms with van der Waals surface area (Å²) in [6, 6.07) is 4.68. The second-order valence-electron chi connectivity index (χ2n) is 5.18. The Morgan fingerprint density at radius 3 is 2.74 bits per heavy atom. The number of rotatable bonds is 5. The lowest BCUT2D eigenvalue weighted by Gasteiger charge is -2.38. The van der Waals surface area contributed by atoms with Gasteiger partial charge in [-0.2, -0.15) is 0 Å². The van der Waals surface area contributed by atoms with Crippen LogP contribution in [0.2, 0.25) is 0 Å². The smallest absolute Gasteiger partial charge is 0.254 e. The van der Waals surface area contributed by atoms with E-state index in [9.17, 15) is 9.18 Å². The van der Waals surface area contributed by atoms with E-state index in [-0.39, 0.29) is 11.7 Å². The molecule has 0 saturated heterocycles. The molecule has 3 nitrogen and oxygen atoms in total. The summed E-state index contributed by atoms with van der Waals surface area (Å²) in [5, 5.41) is 0. The van der Waals surface area contributed by atoms with E-state index in [2.05, 4.69) is 0 Å². The number of aryl methyl sites for hydroxylation is 1. The average molecular weight is 264 g/mol. The monoisotopic (exact) mass is 264 g/mol. The molecule has 1 fully saturated rings. The fraction of sp³-hybridized carbons (Fsp3) is 0.533. The molecule has 1 aromatic carbocycles. The molecule has 1 aromatic rings. The first kappa shape index (κ1) is 14.0. The Kier molecular flexibility index (Phi) is 4.53. The van der Waals surface area contributed by atoms with Gasteiger partial charge in [-0.1, -0.05) is 0 Å². The first-order chi connectivity index (χ1) is 9.13. The molecule has 2 rings (SSSR count). The molecular weight excluding hydrogens is 243 g/mol. The van der Waals surface area contributed by atoms with Gasteiger partial charge in [0.1, 0.15) is 5.82 Å². The second kappa shape index (κ2) is 6.15. The minimum Gasteiger partial charge on any atom is -0.336 e. The Balaban J connectivity index is 2.17. The lowest BCUT2D eigenvalue weighted by Crippen LogP contribution is -2.45. The number of hydrogen-bond acceptors (Lipinski definition) is 2. The maximum absolute atomic E-state index is 13.1. The second-order valence-corrected chi connectivity index (χ2v) is 5.18.